The molecular weight excluding hydrogens is 284 g/mol. The highest BCUT2D eigenvalue weighted by Crippen LogP contribution is 2.30. The minimum Gasteiger partial charge on any atom is -0.477 e. The molecule has 0 bridgehead atoms. The lowest BCUT2D eigenvalue weighted by Crippen LogP contribution is -2.22. The van der Waals surface area contributed by atoms with Crippen LogP contribution in [0.15, 0.2) is 24.3 Å². The van der Waals surface area contributed by atoms with Crippen LogP contribution in [-0.2, 0) is 19.4 Å². The monoisotopic (exact) mass is 302 g/mol. The van der Waals surface area contributed by atoms with Crippen molar-refractivity contribution in [2.75, 3.05) is 11.4 Å². The number of benzene rings is 1. The Balaban J connectivity index is 1.92. The zero-order valence-electron chi connectivity index (χ0n) is 12.0. The maximum Gasteiger partial charge on any atom is 0.347 e. The number of aromatic carboxylic acids is 1. The van der Waals surface area contributed by atoms with Gasteiger partial charge in [0.15, 0.2) is 5.13 Å². The summed E-state index contributed by atoms with van der Waals surface area (Å²) in [5, 5.41) is 10.1. The van der Waals surface area contributed by atoms with Gasteiger partial charge in [0.05, 0.1) is 5.69 Å². The van der Waals surface area contributed by atoms with Crippen LogP contribution in [0.25, 0.3) is 0 Å². The Bertz CT molecular complexity index is 666. The summed E-state index contributed by atoms with van der Waals surface area (Å²) in [6.45, 7) is 3.68. The fourth-order valence-corrected chi connectivity index (χ4v) is 3.76. The summed E-state index contributed by atoms with van der Waals surface area (Å²) < 4.78 is 0. The third-order valence-electron chi connectivity index (χ3n) is 3.84. The Hall–Kier alpha value is -1.88. The summed E-state index contributed by atoms with van der Waals surface area (Å²) in [7, 11) is 0. The highest BCUT2D eigenvalue weighted by Gasteiger charge is 2.21. The minimum atomic E-state index is -0.870. The number of fused-ring (bicyclic) bond motifs is 1. The van der Waals surface area contributed by atoms with Gasteiger partial charge in [0, 0.05) is 13.1 Å². The van der Waals surface area contributed by atoms with Crippen molar-refractivity contribution in [1.29, 1.82) is 0 Å². The molecule has 0 unspecified atom stereocenters. The summed E-state index contributed by atoms with van der Waals surface area (Å²) in [4.78, 5) is 18.4. The van der Waals surface area contributed by atoms with Crippen LogP contribution in [0.5, 0.6) is 0 Å². The molecular formula is C16H18N2O2S. The van der Waals surface area contributed by atoms with Crippen LogP contribution < -0.4 is 4.90 Å². The van der Waals surface area contributed by atoms with Crippen LogP contribution in [0.1, 0.15) is 39.8 Å². The molecule has 0 radical (unpaired) electrons. The Morgan fingerprint density at radius 1 is 1.38 bits per heavy atom. The van der Waals surface area contributed by atoms with Gasteiger partial charge in [0.25, 0.3) is 0 Å². The number of hydrogen-bond donors (Lipinski definition) is 1. The highest BCUT2D eigenvalue weighted by molar-refractivity contribution is 7.17. The molecule has 1 aliphatic rings. The van der Waals surface area contributed by atoms with Gasteiger partial charge in [-0.3, -0.25) is 0 Å². The number of aryl methyl sites for hydroxylation is 2. The summed E-state index contributed by atoms with van der Waals surface area (Å²) in [5.74, 6) is -0.870. The van der Waals surface area contributed by atoms with E-state index in [4.69, 9.17) is 0 Å². The largest absolute Gasteiger partial charge is 0.477 e. The summed E-state index contributed by atoms with van der Waals surface area (Å²) in [6, 6.07) is 8.47. The number of thiazole rings is 1. The quantitative estimate of drug-likeness (QED) is 0.944. The molecule has 0 atom stereocenters. The molecule has 5 heteroatoms. The topological polar surface area (TPSA) is 53.4 Å². The van der Waals surface area contributed by atoms with Crippen molar-refractivity contribution < 1.29 is 9.90 Å². The van der Waals surface area contributed by atoms with Crippen LogP contribution >= 0.6 is 11.3 Å². The number of anilines is 1. The molecule has 1 aromatic carbocycles. The molecule has 110 valence electrons. The van der Waals surface area contributed by atoms with Crippen LogP contribution in [-0.4, -0.2) is 22.6 Å². The lowest BCUT2D eigenvalue weighted by atomic mass is 10.0. The van der Waals surface area contributed by atoms with Gasteiger partial charge in [0.2, 0.25) is 0 Å². The van der Waals surface area contributed by atoms with Gasteiger partial charge in [-0.25, -0.2) is 9.78 Å². The predicted molar refractivity (Wildman–Crippen MR) is 84.3 cm³/mol. The lowest BCUT2D eigenvalue weighted by molar-refractivity contribution is 0.0701. The van der Waals surface area contributed by atoms with E-state index in [0.717, 1.165) is 31.1 Å². The van der Waals surface area contributed by atoms with Crippen molar-refractivity contribution in [3.63, 3.8) is 0 Å². The van der Waals surface area contributed by atoms with E-state index in [1.165, 1.54) is 22.5 Å². The minimum absolute atomic E-state index is 0.380. The van der Waals surface area contributed by atoms with E-state index in [9.17, 15) is 9.90 Å². The number of carbonyl (C=O) groups is 1. The zero-order valence-corrected chi connectivity index (χ0v) is 12.8. The molecule has 1 aliphatic heterocycles. The first-order valence-electron chi connectivity index (χ1n) is 7.23. The molecule has 0 saturated carbocycles. The second-order valence-corrected chi connectivity index (χ2v) is 6.20. The maximum atomic E-state index is 11.3. The third kappa shape index (κ3) is 2.78. The number of nitrogens with zero attached hydrogens (tertiary/aromatic N) is 2. The van der Waals surface area contributed by atoms with Crippen molar-refractivity contribution >= 4 is 22.4 Å². The lowest BCUT2D eigenvalue weighted by Gasteiger charge is -2.19. The van der Waals surface area contributed by atoms with Crippen molar-refractivity contribution in [2.45, 2.75) is 32.7 Å². The Labute approximate surface area is 128 Å². The SMILES string of the molecule is CCc1nc(N2CCCc3ccccc3C2)sc1C(=O)O. The van der Waals surface area contributed by atoms with E-state index in [1.807, 2.05) is 6.92 Å². The molecule has 0 saturated heterocycles. The number of aromatic nitrogens is 1. The van der Waals surface area contributed by atoms with Gasteiger partial charge in [-0.15, -0.1) is 0 Å². The molecule has 0 fully saturated rings. The van der Waals surface area contributed by atoms with Gasteiger partial charge in [0.1, 0.15) is 4.88 Å². The average molecular weight is 302 g/mol. The fourth-order valence-electron chi connectivity index (χ4n) is 2.75. The summed E-state index contributed by atoms with van der Waals surface area (Å²) in [6.07, 6.45) is 2.80. The maximum absolute atomic E-state index is 11.3. The molecule has 1 aromatic heterocycles. The van der Waals surface area contributed by atoms with Crippen LogP contribution in [0.2, 0.25) is 0 Å². The molecule has 4 nitrogen and oxygen atoms in total. The van der Waals surface area contributed by atoms with E-state index in [-0.39, 0.29) is 0 Å². The van der Waals surface area contributed by atoms with E-state index < -0.39 is 5.97 Å². The van der Waals surface area contributed by atoms with Crippen LogP contribution in [0.3, 0.4) is 0 Å². The average Bonchev–Trinajstić information content (AvgIpc) is 2.81. The first-order valence-corrected chi connectivity index (χ1v) is 8.05. The van der Waals surface area contributed by atoms with Gasteiger partial charge in [-0.1, -0.05) is 42.5 Å². The van der Waals surface area contributed by atoms with Crippen molar-refractivity contribution in [3.8, 4) is 0 Å². The predicted octanol–water partition coefficient (Wildman–Crippen LogP) is 3.36. The normalized spacial score (nSPS) is 14.6. The number of carboxylic acid groups (broad SMARTS) is 1. The highest BCUT2D eigenvalue weighted by atomic mass is 32.1. The first kappa shape index (κ1) is 14.1. The number of hydrogen-bond acceptors (Lipinski definition) is 4. The Morgan fingerprint density at radius 3 is 2.81 bits per heavy atom. The first-order chi connectivity index (χ1) is 10.2. The van der Waals surface area contributed by atoms with Gasteiger partial charge >= 0.3 is 5.97 Å². The second-order valence-electron chi connectivity index (χ2n) is 5.22. The molecule has 2 heterocycles. The zero-order chi connectivity index (χ0) is 14.8. The molecule has 2 aromatic rings. The van der Waals surface area contributed by atoms with Crippen molar-refractivity contribution in [2.24, 2.45) is 0 Å². The van der Waals surface area contributed by atoms with Crippen molar-refractivity contribution in [3.05, 3.63) is 46.0 Å². The van der Waals surface area contributed by atoms with Gasteiger partial charge < -0.3 is 10.0 Å². The van der Waals surface area contributed by atoms with E-state index in [2.05, 4.69) is 34.1 Å². The molecule has 0 amide bonds. The number of carboxylic acids is 1. The van der Waals surface area contributed by atoms with E-state index in [1.54, 1.807) is 0 Å². The molecule has 1 N–H and O–H groups in total. The molecule has 0 spiro atoms. The van der Waals surface area contributed by atoms with Crippen molar-refractivity contribution in [1.82, 2.24) is 4.98 Å². The van der Waals surface area contributed by atoms with Crippen LogP contribution in [0.4, 0.5) is 5.13 Å². The molecule has 3 rings (SSSR count). The van der Waals surface area contributed by atoms with Crippen LogP contribution in [0, 0.1) is 0 Å². The smallest absolute Gasteiger partial charge is 0.347 e. The summed E-state index contributed by atoms with van der Waals surface area (Å²) >= 11 is 1.30. The Morgan fingerprint density at radius 2 is 2.14 bits per heavy atom. The van der Waals surface area contributed by atoms with E-state index in [0.29, 0.717) is 17.0 Å². The third-order valence-corrected chi connectivity index (χ3v) is 4.99. The summed E-state index contributed by atoms with van der Waals surface area (Å²) in [5.41, 5.74) is 3.41. The van der Waals surface area contributed by atoms with Gasteiger partial charge in [-0.2, -0.15) is 0 Å². The standard InChI is InChI=1S/C16H18N2O2S/c1-2-13-14(15(19)20)21-16(17-13)18-9-5-8-11-6-3-4-7-12(11)10-18/h3-4,6-7H,2,5,8-10H2,1H3,(H,19,20). The van der Waals surface area contributed by atoms with E-state index >= 15 is 0 Å². The Kier molecular flexibility index (Phi) is 3.92. The molecule has 0 aliphatic carbocycles. The second kappa shape index (κ2) is 5.85. The molecule has 21 heavy (non-hydrogen) atoms. The fraction of sp³-hybridized carbons (Fsp3) is 0.375. The number of rotatable bonds is 3. The van der Waals surface area contributed by atoms with Gasteiger partial charge in [-0.05, 0) is 30.4 Å².